The summed E-state index contributed by atoms with van der Waals surface area (Å²) in [6.07, 6.45) is 0. The van der Waals surface area contributed by atoms with Crippen molar-refractivity contribution in [3.63, 3.8) is 0 Å². The topological polar surface area (TPSA) is 67.2 Å². The van der Waals surface area contributed by atoms with Gasteiger partial charge in [0.2, 0.25) is 10.0 Å². The maximum atomic E-state index is 12.4. The molecule has 1 saturated heterocycles. The molecule has 0 saturated carbocycles. The van der Waals surface area contributed by atoms with E-state index < -0.39 is 10.0 Å². The van der Waals surface area contributed by atoms with Crippen molar-refractivity contribution in [1.29, 1.82) is 0 Å². The summed E-state index contributed by atoms with van der Waals surface area (Å²) in [4.78, 5) is 0.356. The highest BCUT2D eigenvalue weighted by Gasteiger charge is 2.38. The Morgan fingerprint density at radius 1 is 1.33 bits per heavy atom. The first-order chi connectivity index (χ1) is 7.87. The number of sulfonamides is 1. The molecule has 1 aromatic heterocycles. The summed E-state index contributed by atoms with van der Waals surface area (Å²) < 4.78 is 27.9. The average Bonchev–Trinajstić information content (AvgIpc) is 2.38. The number of nitrogens with zero attached hydrogens (tertiary/aromatic N) is 3. The van der Waals surface area contributed by atoms with Crippen molar-refractivity contribution in [3.8, 4) is 0 Å². The first kappa shape index (κ1) is 15.4. The lowest BCUT2D eigenvalue weighted by Crippen LogP contribution is -2.58. The van der Waals surface area contributed by atoms with Gasteiger partial charge in [0.1, 0.15) is 4.90 Å². The largest absolute Gasteiger partial charge is 0.314 e. The fourth-order valence-corrected chi connectivity index (χ4v) is 4.00. The molecule has 0 amide bonds. The van der Waals surface area contributed by atoms with Crippen LogP contribution < -0.4 is 5.32 Å². The van der Waals surface area contributed by atoms with Crippen LogP contribution in [0.25, 0.3) is 0 Å². The second-order valence-electron chi connectivity index (χ2n) is 4.43. The van der Waals surface area contributed by atoms with Crippen molar-refractivity contribution >= 4 is 22.4 Å². The van der Waals surface area contributed by atoms with Gasteiger partial charge >= 0.3 is 0 Å². The summed E-state index contributed by atoms with van der Waals surface area (Å²) in [5, 5.41) is 7.21. The number of likely N-dealkylation sites (N-methyl/N-ethyl adjacent to an activating group) is 1. The highest BCUT2D eigenvalue weighted by molar-refractivity contribution is 7.89. The molecule has 6 nitrogen and oxygen atoms in total. The number of halogens is 1. The molecular formula is C10H19ClN4O2S. The molecular weight excluding hydrogens is 276 g/mol. The molecule has 18 heavy (non-hydrogen) atoms. The first-order valence-corrected chi connectivity index (χ1v) is 6.99. The Balaban J connectivity index is 0.00000162. The van der Waals surface area contributed by atoms with Crippen molar-refractivity contribution in [2.24, 2.45) is 7.05 Å². The molecule has 0 radical (unpaired) electrons. The van der Waals surface area contributed by atoms with Crippen LogP contribution in [0.4, 0.5) is 0 Å². The molecule has 0 aromatic carbocycles. The third kappa shape index (κ3) is 2.27. The van der Waals surface area contributed by atoms with Crippen LogP contribution in [0.2, 0.25) is 0 Å². The number of nitrogens with one attached hydrogen (secondary N) is 1. The zero-order chi connectivity index (χ0) is 12.8. The van der Waals surface area contributed by atoms with Crippen LogP contribution in [0.15, 0.2) is 4.90 Å². The van der Waals surface area contributed by atoms with E-state index in [2.05, 4.69) is 10.4 Å². The minimum absolute atomic E-state index is 0. The van der Waals surface area contributed by atoms with Crippen LogP contribution in [-0.2, 0) is 17.1 Å². The molecule has 2 heterocycles. The van der Waals surface area contributed by atoms with Crippen molar-refractivity contribution in [2.45, 2.75) is 24.8 Å². The lowest BCUT2D eigenvalue weighted by atomic mass is 10.2. The van der Waals surface area contributed by atoms with Crippen LogP contribution in [0.5, 0.6) is 0 Å². The molecule has 0 unspecified atom stereocenters. The number of aromatic nitrogens is 2. The van der Waals surface area contributed by atoms with Crippen LogP contribution in [-0.4, -0.2) is 48.7 Å². The van der Waals surface area contributed by atoms with Crippen molar-refractivity contribution in [2.75, 3.05) is 20.1 Å². The summed E-state index contributed by atoms with van der Waals surface area (Å²) >= 11 is 0. The molecule has 0 spiro atoms. The van der Waals surface area contributed by atoms with E-state index in [4.69, 9.17) is 0 Å². The van der Waals surface area contributed by atoms with Gasteiger partial charge in [-0.1, -0.05) is 0 Å². The molecule has 1 aliphatic rings. The maximum Gasteiger partial charge on any atom is 0.246 e. The lowest BCUT2D eigenvalue weighted by molar-refractivity contribution is 0.236. The van der Waals surface area contributed by atoms with Gasteiger partial charge in [0, 0.05) is 26.2 Å². The molecule has 0 atom stereocenters. The Hall–Kier alpha value is -0.630. The Kier molecular flexibility index (Phi) is 4.42. The van der Waals surface area contributed by atoms with Gasteiger partial charge < -0.3 is 5.32 Å². The molecule has 0 bridgehead atoms. The third-order valence-electron chi connectivity index (χ3n) is 3.30. The number of aryl methyl sites for hydroxylation is 2. The van der Waals surface area contributed by atoms with E-state index in [9.17, 15) is 8.42 Å². The molecule has 104 valence electrons. The minimum Gasteiger partial charge on any atom is -0.314 e. The summed E-state index contributed by atoms with van der Waals surface area (Å²) in [5.41, 5.74) is 1.26. The van der Waals surface area contributed by atoms with E-state index in [0.717, 1.165) is 0 Å². The molecule has 1 aromatic rings. The van der Waals surface area contributed by atoms with E-state index >= 15 is 0 Å². The third-order valence-corrected chi connectivity index (χ3v) is 5.38. The quantitative estimate of drug-likeness (QED) is 0.855. The van der Waals surface area contributed by atoms with Crippen molar-refractivity contribution in [1.82, 2.24) is 19.4 Å². The van der Waals surface area contributed by atoms with E-state index in [-0.39, 0.29) is 18.4 Å². The standard InChI is InChI=1S/C10H18N4O2S.ClH/c1-7-10(8(2)13(4)12-7)17(15,16)14-5-9(6-14)11-3;/h9,11H,5-6H2,1-4H3;1H. The predicted octanol–water partition coefficient (Wildman–Crippen LogP) is 0.0510. The van der Waals surface area contributed by atoms with Gasteiger partial charge in [-0.2, -0.15) is 9.40 Å². The fraction of sp³-hybridized carbons (Fsp3) is 0.700. The zero-order valence-corrected chi connectivity index (χ0v) is 12.6. The number of rotatable bonds is 3. The zero-order valence-electron chi connectivity index (χ0n) is 11.0. The summed E-state index contributed by atoms with van der Waals surface area (Å²) in [6.45, 7) is 4.58. The molecule has 1 aliphatic heterocycles. The molecule has 1 N–H and O–H groups in total. The highest BCUT2D eigenvalue weighted by Crippen LogP contribution is 2.26. The van der Waals surface area contributed by atoms with Gasteiger partial charge in [0.05, 0.1) is 11.4 Å². The fourth-order valence-electron chi connectivity index (χ4n) is 2.07. The van der Waals surface area contributed by atoms with Crippen LogP contribution in [0, 0.1) is 13.8 Å². The number of hydrogen-bond acceptors (Lipinski definition) is 4. The Labute approximate surface area is 114 Å². The van der Waals surface area contributed by atoms with Crippen LogP contribution in [0.3, 0.4) is 0 Å². The highest BCUT2D eigenvalue weighted by atomic mass is 35.5. The van der Waals surface area contributed by atoms with Gasteiger partial charge in [-0.05, 0) is 20.9 Å². The molecule has 2 rings (SSSR count). The van der Waals surface area contributed by atoms with Crippen molar-refractivity contribution in [3.05, 3.63) is 11.4 Å². The molecule has 8 heteroatoms. The maximum absolute atomic E-state index is 12.4. The second kappa shape index (κ2) is 5.16. The van der Waals surface area contributed by atoms with Gasteiger partial charge in [-0.15, -0.1) is 12.4 Å². The Bertz CT molecular complexity index is 534. The Morgan fingerprint density at radius 2 is 1.89 bits per heavy atom. The van der Waals surface area contributed by atoms with Gasteiger partial charge in [-0.25, -0.2) is 8.42 Å². The smallest absolute Gasteiger partial charge is 0.246 e. The second-order valence-corrected chi connectivity index (χ2v) is 6.31. The monoisotopic (exact) mass is 294 g/mol. The van der Waals surface area contributed by atoms with Crippen LogP contribution >= 0.6 is 12.4 Å². The molecule has 0 aliphatic carbocycles. The van der Waals surface area contributed by atoms with Gasteiger partial charge in [0.25, 0.3) is 0 Å². The summed E-state index contributed by atoms with van der Waals surface area (Å²) in [7, 11) is 0.224. The van der Waals surface area contributed by atoms with E-state index in [1.807, 2.05) is 7.05 Å². The SMILES string of the molecule is CNC1CN(S(=O)(=O)c2c(C)nn(C)c2C)C1.Cl. The summed E-state index contributed by atoms with van der Waals surface area (Å²) in [6, 6.07) is 0.266. The number of hydrogen-bond donors (Lipinski definition) is 1. The van der Waals surface area contributed by atoms with Crippen molar-refractivity contribution < 1.29 is 8.42 Å². The van der Waals surface area contributed by atoms with E-state index in [1.54, 1.807) is 25.6 Å². The average molecular weight is 295 g/mol. The van der Waals surface area contributed by atoms with E-state index in [1.165, 1.54) is 4.31 Å². The normalized spacial score (nSPS) is 17.3. The first-order valence-electron chi connectivity index (χ1n) is 5.55. The van der Waals surface area contributed by atoms with Gasteiger partial charge in [-0.3, -0.25) is 4.68 Å². The van der Waals surface area contributed by atoms with Crippen LogP contribution in [0.1, 0.15) is 11.4 Å². The van der Waals surface area contributed by atoms with Gasteiger partial charge in [0.15, 0.2) is 0 Å². The summed E-state index contributed by atoms with van der Waals surface area (Å²) in [5.74, 6) is 0. The minimum atomic E-state index is -3.38. The molecule has 1 fully saturated rings. The lowest BCUT2D eigenvalue weighted by Gasteiger charge is -2.37. The Morgan fingerprint density at radius 3 is 2.28 bits per heavy atom. The van der Waals surface area contributed by atoms with E-state index in [0.29, 0.717) is 29.4 Å². The predicted molar refractivity (Wildman–Crippen MR) is 71.5 cm³/mol.